The van der Waals surface area contributed by atoms with Gasteiger partial charge in [-0.2, -0.15) is 4.37 Å². The molecule has 0 spiro atoms. The van der Waals surface area contributed by atoms with E-state index in [4.69, 9.17) is 11.6 Å². The molecule has 30 heavy (non-hydrogen) atoms. The number of halogens is 1. The summed E-state index contributed by atoms with van der Waals surface area (Å²) < 4.78 is 5.63. The van der Waals surface area contributed by atoms with E-state index in [1.165, 1.54) is 11.5 Å². The Labute approximate surface area is 182 Å². The first kappa shape index (κ1) is 19.0. The van der Waals surface area contributed by atoms with Gasteiger partial charge in [0.2, 0.25) is 0 Å². The number of aromatic nitrogens is 3. The van der Waals surface area contributed by atoms with Crippen LogP contribution in [0.15, 0.2) is 60.9 Å². The van der Waals surface area contributed by atoms with Gasteiger partial charge in [-0.25, -0.2) is 9.97 Å². The summed E-state index contributed by atoms with van der Waals surface area (Å²) in [5.41, 5.74) is 3.42. The molecule has 4 aromatic rings. The maximum Gasteiger partial charge on any atom is 0.254 e. The average molecular weight is 436 g/mol. The summed E-state index contributed by atoms with van der Waals surface area (Å²) in [6, 6.07) is 17.2. The molecule has 8 heteroatoms. The van der Waals surface area contributed by atoms with Crippen LogP contribution in [0.5, 0.6) is 0 Å². The Morgan fingerprint density at radius 2 is 1.77 bits per heavy atom. The largest absolute Gasteiger partial charge is 0.352 e. The fourth-order valence-corrected chi connectivity index (χ4v) is 4.75. The molecule has 0 aliphatic carbocycles. The predicted molar refractivity (Wildman–Crippen MR) is 120 cm³/mol. The summed E-state index contributed by atoms with van der Waals surface area (Å²) in [4.78, 5) is 25.9. The Balaban J connectivity index is 1.36. The fourth-order valence-electron chi connectivity index (χ4n) is 3.69. The third-order valence-corrected chi connectivity index (χ3v) is 6.29. The maximum atomic E-state index is 12.8. The summed E-state index contributed by atoms with van der Waals surface area (Å²) in [7, 11) is 0. The number of carbonyl (C=O) groups excluding carboxylic acids is 1. The van der Waals surface area contributed by atoms with Crippen LogP contribution in [0, 0.1) is 0 Å². The van der Waals surface area contributed by atoms with Gasteiger partial charge in [-0.05, 0) is 29.7 Å². The van der Waals surface area contributed by atoms with Crippen LogP contribution in [0.25, 0.3) is 21.5 Å². The highest BCUT2D eigenvalue weighted by atomic mass is 35.5. The van der Waals surface area contributed by atoms with Crippen molar-refractivity contribution in [2.75, 3.05) is 31.1 Å². The lowest BCUT2D eigenvalue weighted by atomic mass is 10.1. The molecule has 0 bridgehead atoms. The van der Waals surface area contributed by atoms with Crippen molar-refractivity contribution in [2.45, 2.75) is 0 Å². The standard InChI is InChI=1S/C22H18ClN5OS/c23-17-8-4-7-16(13-17)22(29)28-11-9-27(10-12-28)21-20-19(24-14-25-21)18(26-30-20)15-5-2-1-3-6-15/h1-8,13-14H,9-12H2. The molecule has 2 aromatic carbocycles. The normalized spacial score (nSPS) is 14.3. The highest BCUT2D eigenvalue weighted by Crippen LogP contribution is 2.34. The molecule has 1 aliphatic heterocycles. The van der Waals surface area contributed by atoms with Gasteiger partial charge in [0.15, 0.2) is 5.82 Å². The summed E-state index contributed by atoms with van der Waals surface area (Å²) in [6.07, 6.45) is 1.60. The quantitative estimate of drug-likeness (QED) is 0.478. The van der Waals surface area contributed by atoms with Crippen LogP contribution >= 0.6 is 23.1 Å². The van der Waals surface area contributed by atoms with Crippen LogP contribution in [0.2, 0.25) is 5.02 Å². The van der Waals surface area contributed by atoms with E-state index in [1.807, 2.05) is 35.2 Å². The van der Waals surface area contributed by atoms with Crippen molar-refractivity contribution in [3.8, 4) is 11.3 Å². The molecule has 1 saturated heterocycles. The van der Waals surface area contributed by atoms with Crippen molar-refractivity contribution >= 4 is 45.1 Å². The molecule has 0 N–H and O–H groups in total. The molecular formula is C22H18ClN5OS. The molecule has 0 unspecified atom stereocenters. The Hall–Kier alpha value is -3.03. The molecule has 1 fully saturated rings. The SMILES string of the molecule is O=C(c1cccc(Cl)c1)N1CCN(c2ncnc3c(-c4ccccc4)nsc23)CC1. The number of rotatable bonds is 3. The van der Waals surface area contributed by atoms with E-state index < -0.39 is 0 Å². The lowest BCUT2D eigenvalue weighted by molar-refractivity contribution is 0.0746. The zero-order valence-corrected chi connectivity index (χ0v) is 17.6. The van der Waals surface area contributed by atoms with E-state index in [-0.39, 0.29) is 5.91 Å². The molecule has 5 rings (SSSR count). The highest BCUT2D eigenvalue weighted by Gasteiger charge is 2.25. The van der Waals surface area contributed by atoms with Gasteiger partial charge in [-0.15, -0.1) is 0 Å². The Morgan fingerprint density at radius 1 is 0.967 bits per heavy atom. The fraction of sp³-hybridized carbons (Fsp3) is 0.182. The molecule has 3 heterocycles. The molecule has 2 aromatic heterocycles. The van der Waals surface area contributed by atoms with Gasteiger partial charge in [-0.1, -0.05) is 48.0 Å². The van der Waals surface area contributed by atoms with Crippen LogP contribution in [-0.4, -0.2) is 51.3 Å². The van der Waals surface area contributed by atoms with Gasteiger partial charge in [0.1, 0.15) is 22.2 Å². The number of hydrogen-bond donors (Lipinski definition) is 0. The van der Waals surface area contributed by atoms with Gasteiger partial charge in [0.05, 0.1) is 0 Å². The van der Waals surface area contributed by atoms with E-state index in [9.17, 15) is 4.79 Å². The summed E-state index contributed by atoms with van der Waals surface area (Å²) in [5, 5.41) is 0.572. The predicted octanol–water partition coefficient (Wildman–Crippen LogP) is 4.37. The van der Waals surface area contributed by atoms with Crippen molar-refractivity contribution in [1.82, 2.24) is 19.2 Å². The van der Waals surface area contributed by atoms with Gasteiger partial charge in [0.25, 0.3) is 5.91 Å². The van der Waals surface area contributed by atoms with E-state index in [2.05, 4.69) is 19.2 Å². The number of hydrogen-bond acceptors (Lipinski definition) is 6. The number of nitrogens with zero attached hydrogens (tertiary/aromatic N) is 5. The third-order valence-electron chi connectivity index (χ3n) is 5.22. The summed E-state index contributed by atoms with van der Waals surface area (Å²) in [5.74, 6) is 0.892. The molecular weight excluding hydrogens is 418 g/mol. The maximum absolute atomic E-state index is 12.8. The lowest BCUT2D eigenvalue weighted by Crippen LogP contribution is -2.49. The number of fused-ring (bicyclic) bond motifs is 1. The van der Waals surface area contributed by atoms with E-state index >= 15 is 0 Å². The van der Waals surface area contributed by atoms with Gasteiger partial charge in [-0.3, -0.25) is 4.79 Å². The monoisotopic (exact) mass is 435 g/mol. The Bertz CT molecular complexity index is 1200. The Morgan fingerprint density at radius 3 is 2.53 bits per heavy atom. The smallest absolute Gasteiger partial charge is 0.254 e. The molecule has 1 amide bonds. The van der Waals surface area contributed by atoms with Crippen molar-refractivity contribution in [1.29, 1.82) is 0 Å². The third kappa shape index (κ3) is 3.51. The molecule has 150 valence electrons. The van der Waals surface area contributed by atoms with Gasteiger partial charge < -0.3 is 9.80 Å². The van der Waals surface area contributed by atoms with E-state index in [1.54, 1.807) is 30.6 Å². The second-order valence-electron chi connectivity index (χ2n) is 7.06. The zero-order chi connectivity index (χ0) is 20.5. The van der Waals surface area contributed by atoms with Crippen molar-refractivity contribution < 1.29 is 4.79 Å². The first-order valence-electron chi connectivity index (χ1n) is 9.66. The van der Waals surface area contributed by atoms with Crippen molar-refractivity contribution in [3.05, 3.63) is 71.5 Å². The number of benzene rings is 2. The minimum absolute atomic E-state index is 0.00846. The van der Waals surface area contributed by atoms with Crippen LogP contribution < -0.4 is 4.90 Å². The summed E-state index contributed by atoms with van der Waals surface area (Å²) >= 11 is 7.46. The van der Waals surface area contributed by atoms with Crippen LogP contribution in [0.4, 0.5) is 5.82 Å². The first-order chi connectivity index (χ1) is 14.7. The van der Waals surface area contributed by atoms with Gasteiger partial charge in [0, 0.05) is 42.3 Å². The lowest BCUT2D eigenvalue weighted by Gasteiger charge is -2.35. The van der Waals surface area contributed by atoms with E-state index in [0.717, 1.165) is 27.3 Å². The molecule has 0 saturated carbocycles. The molecule has 0 radical (unpaired) electrons. The number of anilines is 1. The number of carbonyl (C=O) groups is 1. The molecule has 0 atom stereocenters. The second kappa shape index (κ2) is 8.01. The molecule has 6 nitrogen and oxygen atoms in total. The summed E-state index contributed by atoms with van der Waals surface area (Å²) in [6.45, 7) is 2.66. The van der Waals surface area contributed by atoms with Crippen molar-refractivity contribution in [2.24, 2.45) is 0 Å². The number of amides is 1. The van der Waals surface area contributed by atoms with Crippen LogP contribution in [-0.2, 0) is 0 Å². The van der Waals surface area contributed by atoms with Crippen LogP contribution in [0.1, 0.15) is 10.4 Å². The minimum atomic E-state index is 0.00846. The molecule has 1 aliphatic rings. The van der Waals surface area contributed by atoms with Gasteiger partial charge >= 0.3 is 0 Å². The second-order valence-corrected chi connectivity index (χ2v) is 8.27. The average Bonchev–Trinajstić information content (AvgIpc) is 3.24. The highest BCUT2D eigenvalue weighted by molar-refractivity contribution is 7.14. The number of piperazine rings is 1. The topological polar surface area (TPSA) is 62.2 Å². The van der Waals surface area contributed by atoms with E-state index in [0.29, 0.717) is 36.8 Å². The first-order valence-corrected chi connectivity index (χ1v) is 10.8. The van der Waals surface area contributed by atoms with Crippen LogP contribution in [0.3, 0.4) is 0 Å². The zero-order valence-electron chi connectivity index (χ0n) is 16.0. The Kier molecular flexibility index (Phi) is 5.06. The minimum Gasteiger partial charge on any atom is -0.352 e. The van der Waals surface area contributed by atoms with Crippen molar-refractivity contribution in [3.63, 3.8) is 0 Å².